The van der Waals surface area contributed by atoms with Crippen molar-refractivity contribution in [2.24, 2.45) is 0 Å². The smallest absolute Gasteiger partial charge is 0.335 e. The molecule has 2 heterocycles. The number of benzene rings is 1. The molecule has 0 spiro atoms. The molecule has 2 atom stereocenters. The normalized spacial score (nSPS) is 19.8. The number of carboxylic acids is 1. The van der Waals surface area contributed by atoms with Crippen LogP contribution in [0.3, 0.4) is 0 Å². The number of aromatic amines is 1. The topological polar surface area (TPSA) is 99.7 Å². The summed E-state index contributed by atoms with van der Waals surface area (Å²) >= 11 is 0. The minimum absolute atomic E-state index is 0.143. The van der Waals surface area contributed by atoms with E-state index in [9.17, 15) is 19.5 Å². The van der Waals surface area contributed by atoms with Crippen LogP contribution in [0.15, 0.2) is 24.3 Å². The van der Waals surface area contributed by atoms with Gasteiger partial charge in [0.1, 0.15) is 6.04 Å². The lowest BCUT2D eigenvalue weighted by atomic mass is 9.91. The number of H-pyrrole nitrogens is 1. The van der Waals surface area contributed by atoms with Crippen LogP contribution in [0.1, 0.15) is 31.1 Å². The van der Waals surface area contributed by atoms with Crippen LogP contribution in [0.25, 0.3) is 10.9 Å². The minimum atomic E-state index is -1.14. The molecule has 1 aliphatic rings. The van der Waals surface area contributed by atoms with Crippen LogP contribution in [0.4, 0.5) is 0 Å². The Morgan fingerprint density at radius 3 is 2.67 bits per heavy atom. The molecule has 1 aromatic carbocycles. The lowest BCUT2D eigenvalue weighted by Gasteiger charge is -2.37. The molecule has 0 saturated heterocycles. The van der Waals surface area contributed by atoms with Gasteiger partial charge in [-0.15, -0.1) is 0 Å². The van der Waals surface area contributed by atoms with Crippen LogP contribution in [0.5, 0.6) is 0 Å². The molecular weight excluding hydrogens is 312 g/mol. The maximum atomic E-state index is 12.5. The van der Waals surface area contributed by atoms with Gasteiger partial charge in [0.2, 0.25) is 5.91 Å². The number of fused-ring (bicyclic) bond motifs is 3. The fourth-order valence-electron chi connectivity index (χ4n) is 3.35. The van der Waals surface area contributed by atoms with Gasteiger partial charge in [0, 0.05) is 24.2 Å². The zero-order valence-corrected chi connectivity index (χ0v) is 13.4. The molecule has 126 valence electrons. The van der Waals surface area contributed by atoms with Crippen LogP contribution in [-0.2, 0) is 25.5 Å². The van der Waals surface area contributed by atoms with Crippen molar-refractivity contribution in [2.75, 3.05) is 6.61 Å². The first-order valence-corrected chi connectivity index (χ1v) is 7.73. The first kappa shape index (κ1) is 16.0. The maximum absolute atomic E-state index is 12.5. The molecule has 7 nitrogen and oxygen atoms in total. The van der Waals surface area contributed by atoms with Crippen LogP contribution in [-0.4, -0.2) is 45.5 Å². The van der Waals surface area contributed by atoms with Crippen molar-refractivity contribution in [1.82, 2.24) is 9.88 Å². The molecule has 24 heavy (non-hydrogen) atoms. The number of hydrogen-bond donors (Lipinski definition) is 2. The van der Waals surface area contributed by atoms with E-state index in [4.69, 9.17) is 4.74 Å². The van der Waals surface area contributed by atoms with Gasteiger partial charge in [-0.3, -0.25) is 4.79 Å². The zero-order chi connectivity index (χ0) is 17.4. The summed E-state index contributed by atoms with van der Waals surface area (Å²) in [5.74, 6) is -2.26. The molecule has 7 heteroatoms. The van der Waals surface area contributed by atoms with Gasteiger partial charge in [-0.1, -0.05) is 18.2 Å². The SMILES string of the molecule is CCOC(=O)C1c2[nH]c3ccccc3c2CC(C(=O)O)N1C(C)=O. The molecule has 2 aromatic rings. The van der Waals surface area contributed by atoms with Crippen molar-refractivity contribution in [2.45, 2.75) is 32.4 Å². The van der Waals surface area contributed by atoms with Crippen molar-refractivity contribution in [3.05, 3.63) is 35.5 Å². The number of rotatable bonds is 3. The summed E-state index contributed by atoms with van der Waals surface area (Å²) in [6.07, 6.45) is 0.143. The van der Waals surface area contributed by atoms with E-state index < -0.39 is 29.9 Å². The van der Waals surface area contributed by atoms with Crippen molar-refractivity contribution in [3.63, 3.8) is 0 Å². The zero-order valence-electron chi connectivity index (χ0n) is 13.4. The average molecular weight is 330 g/mol. The van der Waals surface area contributed by atoms with Gasteiger partial charge in [0.05, 0.1) is 12.3 Å². The van der Waals surface area contributed by atoms with Gasteiger partial charge in [-0.05, 0) is 18.6 Å². The highest BCUT2D eigenvalue weighted by molar-refractivity contribution is 5.94. The standard InChI is InChI=1S/C17H18N2O5/c1-3-24-17(23)15-14-11(10-6-4-5-7-12(10)18-14)8-13(16(21)22)19(15)9(2)20/h4-7,13,15,18H,3,8H2,1-2H3,(H,21,22). The lowest BCUT2D eigenvalue weighted by Crippen LogP contribution is -2.52. The van der Waals surface area contributed by atoms with Gasteiger partial charge < -0.3 is 19.7 Å². The largest absolute Gasteiger partial charge is 0.480 e. The van der Waals surface area contributed by atoms with E-state index in [1.165, 1.54) is 6.92 Å². The van der Waals surface area contributed by atoms with Crippen molar-refractivity contribution in [3.8, 4) is 0 Å². The number of nitrogens with zero attached hydrogens (tertiary/aromatic N) is 1. The second-order valence-corrected chi connectivity index (χ2v) is 5.70. The van der Waals surface area contributed by atoms with Crippen LogP contribution >= 0.6 is 0 Å². The lowest BCUT2D eigenvalue weighted by molar-refractivity contribution is -0.162. The number of esters is 1. The molecule has 0 radical (unpaired) electrons. The Morgan fingerprint density at radius 1 is 1.33 bits per heavy atom. The highest BCUT2D eigenvalue weighted by atomic mass is 16.5. The number of amides is 1. The summed E-state index contributed by atoms with van der Waals surface area (Å²) in [4.78, 5) is 40.6. The Balaban J connectivity index is 2.23. The fourth-order valence-corrected chi connectivity index (χ4v) is 3.35. The number of aromatic nitrogens is 1. The Hall–Kier alpha value is -2.83. The van der Waals surface area contributed by atoms with E-state index in [-0.39, 0.29) is 13.0 Å². The summed E-state index contributed by atoms with van der Waals surface area (Å²) in [6, 6.07) is 5.23. The third-order valence-corrected chi connectivity index (χ3v) is 4.29. The molecule has 1 amide bonds. The monoisotopic (exact) mass is 330 g/mol. The second kappa shape index (κ2) is 5.99. The van der Waals surface area contributed by atoms with E-state index >= 15 is 0 Å². The summed E-state index contributed by atoms with van der Waals surface area (Å²) in [5, 5.41) is 10.4. The number of nitrogens with one attached hydrogen (secondary N) is 1. The molecule has 0 fully saturated rings. The third kappa shape index (κ3) is 2.42. The fraction of sp³-hybridized carbons (Fsp3) is 0.353. The second-order valence-electron chi connectivity index (χ2n) is 5.70. The quantitative estimate of drug-likeness (QED) is 0.833. The summed E-state index contributed by atoms with van der Waals surface area (Å²) in [7, 11) is 0. The first-order chi connectivity index (χ1) is 11.5. The number of aliphatic carboxylic acids is 1. The molecule has 2 N–H and O–H groups in total. The van der Waals surface area contributed by atoms with Gasteiger partial charge in [-0.25, -0.2) is 9.59 Å². The summed E-state index contributed by atoms with van der Waals surface area (Å²) in [6.45, 7) is 3.07. The van der Waals surface area contributed by atoms with Gasteiger partial charge in [-0.2, -0.15) is 0 Å². The predicted molar refractivity (Wildman–Crippen MR) is 85.3 cm³/mol. The van der Waals surface area contributed by atoms with E-state index in [1.807, 2.05) is 24.3 Å². The number of carbonyl (C=O) groups is 3. The third-order valence-electron chi connectivity index (χ3n) is 4.29. The highest BCUT2D eigenvalue weighted by Crippen LogP contribution is 2.38. The Morgan fingerprint density at radius 2 is 2.04 bits per heavy atom. The van der Waals surface area contributed by atoms with E-state index in [0.717, 1.165) is 21.4 Å². The number of carbonyl (C=O) groups excluding carboxylic acids is 2. The summed E-state index contributed by atoms with van der Waals surface area (Å²) in [5.41, 5.74) is 2.07. The highest BCUT2D eigenvalue weighted by Gasteiger charge is 2.45. The molecule has 2 unspecified atom stereocenters. The Bertz CT molecular complexity index is 825. The molecule has 0 bridgehead atoms. The van der Waals surface area contributed by atoms with Crippen molar-refractivity contribution in [1.29, 1.82) is 0 Å². The van der Waals surface area contributed by atoms with Gasteiger partial charge in [0.25, 0.3) is 0 Å². The first-order valence-electron chi connectivity index (χ1n) is 7.73. The van der Waals surface area contributed by atoms with Gasteiger partial charge >= 0.3 is 11.9 Å². The summed E-state index contributed by atoms with van der Waals surface area (Å²) < 4.78 is 5.10. The van der Waals surface area contributed by atoms with Crippen molar-refractivity contribution < 1.29 is 24.2 Å². The minimum Gasteiger partial charge on any atom is -0.480 e. The number of hydrogen-bond acceptors (Lipinski definition) is 4. The van der Waals surface area contributed by atoms with Crippen LogP contribution in [0, 0.1) is 0 Å². The molecule has 3 rings (SSSR count). The van der Waals surface area contributed by atoms with Crippen LogP contribution < -0.4 is 0 Å². The van der Waals surface area contributed by atoms with E-state index in [2.05, 4.69) is 4.98 Å². The van der Waals surface area contributed by atoms with Gasteiger partial charge in [0.15, 0.2) is 6.04 Å². The molecule has 1 aromatic heterocycles. The van der Waals surface area contributed by atoms with Crippen molar-refractivity contribution >= 4 is 28.7 Å². The number of para-hydroxylation sites is 1. The average Bonchev–Trinajstić information content (AvgIpc) is 2.91. The molecule has 1 aliphatic heterocycles. The predicted octanol–water partition coefficient (Wildman–Crippen LogP) is 1.63. The Labute approximate surface area is 138 Å². The maximum Gasteiger partial charge on any atom is 0.335 e. The number of ether oxygens (including phenoxy) is 1. The van der Waals surface area contributed by atoms with Crippen LogP contribution in [0.2, 0.25) is 0 Å². The number of carboxylic acid groups (broad SMARTS) is 1. The molecule has 0 aliphatic carbocycles. The molecular formula is C17H18N2O5. The Kier molecular flexibility index (Phi) is 4.01. The van der Waals surface area contributed by atoms with E-state index in [1.54, 1.807) is 6.92 Å². The molecule has 0 saturated carbocycles. The van der Waals surface area contributed by atoms with E-state index in [0.29, 0.717) is 5.69 Å².